The zero-order valence-electron chi connectivity index (χ0n) is 18.5. The molecule has 0 bridgehead atoms. The van der Waals surface area contributed by atoms with Gasteiger partial charge in [-0.3, -0.25) is 0 Å². The number of hydrogen-bond acceptors (Lipinski definition) is 5. The van der Waals surface area contributed by atoms with Crippen molar-refractivity contribution in [2.75, 3.05) is 20.8 Å². The molecule has 0 spiro atoms. The van der Waals surface area contributed by atoms with Crippen molar-refractivity contribution < 1.29 is 18.9 Å². The quantitative estimate of drug-likeness (QED) is 0.218. The minimum atomic E-state index is 0.345. The predicted octanol–water partition coefficient (Wildman–Crippen LogP) is 7.16. The lowest BCUT2D eigenvalue weighted by Crippen LogP contribution is -2.01. The highest BCUT2D eigenvalue weighted by atomic mass is 79.9. The lowest BCUT2D eigenvalue weighted by molar-refractivity contribution is 0.269. The lowest BCUT2D eigenvalue weighted by atomic mass is 10.0. The molecule has 0 N–H and O–H groups in total. The molecule has 0 aliphatic heterocycles. The third-order valence-corrected chi connectivity index (χ3v) is 5.56. The van der Waals surface area contributed by atoms with E-state index in [1.807, 2.05) is 37.3 Å². The van der Waals surface area contributed by atoms with Gasteiger partial charge in [0.25, 0.3) is 0 Å². The van der Waals surface area contributed by atoms with Crippen LogP contribution in [-0.4, -0.2) is 20.8 Å². The highest BCUT2D eigenvalue weighted by molar-refractivity contribution is 9.10. The first-order valence-electron chi connectivity index (χ1n) is 10.2. The van der Waals surface area contributed by atoms with Gasteiger partial charge in [0.05, 0.1) is 37.5 Å². The van der Waals surface area contributed by atoms with Crippen molar-refractivity contribution in [2.24, 2.45) is 0 Å². The molecule has 0 fully saturated rings. The molecule has 33 heavy (non-hydrogen) atoms. The summed E-state index contributed by atoms with van der Waals surface area (Å²) in [6.45, 7) is 2.68. The van der Waals surface area contributed by atoms with Crippen molar-refractivity contribution >= 4 is 39.2 Å². The number of halogens is 2. The normalized spacial score (nSPS) is 11.0. The summed E-state index contributed by atoms with van der Waals surface area (Å²) in [5.74, 6) is 2.11. The van der Waals surface area contributed by atoms with Crippen LogP contribution >= 0.6 is 27.5 Å². The molecule has 0 unspecified atom stereocenters. The van der Waals surface area contributed by atoms with Crippen molar-refractivity contribution in [3.8, 4) is 29.1 Å². The van der Waals surface area contributed by atoms with Crippen LogP contribution in [0.15, 0.2) is 59.1 Å². The summed E-state index contributed by atoms with van der Waals surface area (Å²) >= 11 is 9.99. The van der Waals surface area contributed by atoms with Crippen molar-refractivity contribution in [1.29, 1.82) is 5.26 Å². The van der Waals surface area contributed by atoms with Crippen LogP contribution in [0.1, 0.15) is 23.6 Å². The Labute approximate surface area is 207 Å². The van der Waals surface area contributed by atoms with Crippen LogP contribution < -0.4 is 18.9 Å². The van der Waals surface area contributed by atoms with E-state index in [1.54, 1.807) is 44.6 Å². The van der Waals surface area contributed by atoms with Gasteiger partial charge in [-0.15, -0.1) is 0 Å². The largest absolute Gasteiger partial charge is 0.493 e. The van der Waals surface area contributed by atoms with E-state index in [0.29, 0.717) is 57.9 Å². The van der Waals surface area contributed by atoms with E-state index in [1.165, 1.54) is 0 Å². The van der Waals surface area contributed by atoms with Crippen LogP contribution in [0.25, 0.3) is 11.6 Å². The summed E-state index contributed by atoms with van der Waals surface area (Å²) in [5.41, 5.74) is 2.85. The maximum absolute atomic E-state index is 9.77. The minimum absolute atomic E-state index is 0.345. The molecule has 0 radical (unpaired) electrons. The predicted molar refractivity (Wildman–Crippen MR) is 134 cm³/mol. The maximum atomic E-state index is 9.77. The SMILES string of the molecule is CCOc1cc(/C=C(\C#N)c2ccc(OC)c(OC)c2)cc(Cl)c1OCc1ccc(Br)cc1. The molecule has 0 atom stereocenters. The summed E-state index contributed by atoms with van der Waals surface area (Å²) < 4.78 is 23.4. The fourth-order valence-corrected chi connectivity index (χ4v) is 3.70. The van der Waals surface area contributed by atoms with Gasteiger partial charge in [-0.05, 0) is 72.2 Å². The van der Waals surface area contributed by atoms with Gasteiger partial charge in [-0.2, -0.15) is 5.26 Å². The van der Waals surface area contributed by atoms with Gasteiger partial charge < -0.3 is 18.9 Å². The van der Waals surface area contributed by atoms with E-state index in [2.05, 4.69) is 22.0 Å². The number of benzene rings is 3. The van der Waals surface area contributed by atoms with Crippen LogP contribution in [0.5, 0.6) is 23.0 Å². The minimum Gasteiger partial charge on any atom is -0.493 e. The molecule has 3 rings (SSSR count). The highest BCUT2D eigenvalue weighted by Gasteiger charge is 2.14. The van der Waals surface area contributed by atoms with Crippen LogP contribution in [0, 0.1) is 11.3 Å². The topological polar surface area (TPSA) is 60.7 Å². The second-order valence-electron chi connectivity index (χ2n) is 6.92. The molecule has 0 aliphatic rings. The zero-order chi connectivity index (χ0) is 23.8. The summed E-state index contributed by atoms with van der Waals surface area (Å²) in [5, 5.41) is 10.2. The zero-order valence-corrected chi connectivity index (χ0v) is 20.9. The van der Waals surface area contributed by atoms with Crippen molar-refractivity contribution in [3.63, 3.8) is 0 Å². The van der Waals surface area contributed by atoms with E-state index in [-0.39, 0.29) is 0 Å². The van der Waals surface area contributed by atoms with Gasteiger partial charge in [0.2, 0.25) is 0 Å². The first kappa shape index (κ1) is 24.5. The Bertz CT molecular complexity index is 1190. The van der Waals surface area contributed by atoms with Crippen LogP contribution in [0.4, 0.5) is 0 Å². The molecular weight excluding hydrogens is 506 g/mol. The number of methoxy groups -OCH3 is 2. The fourth-order valence-electron chi connectivity index (χ4n) is 3.16. The summed E-state index contributed by atoms with van der Waals surface area (Å²) in [7, 11) is 3.12. The molecule has 5 nitrogen and oxygen atoms in total. The van der Waals surface area contributed by atoms with Gasteiger partial charge in [0.1, 0.15) is 6.61 Å². The monoisotopic (exact) mass is 527 g/mol. The molecule has 0 saturated carbocycles. The highest BCUT2D eigenvalue weighted by Crippen LogP contribution is 2.38. The molecular formula is C26H23BrClNO4. The molecule has 170 valence electrons. The van der Waals surface area contributed by atoms with Crippen LogP contribution in [0.3, 0.4) is 0 Å². The van der Waals surface area contributed by atoms with E-state index in [4.69, 9.17) is 30.5 Å². The first-order valence-corrected chi connectivity index (χ1v) is 11.3. The number of allylic oxidation sites excluding steroid dienone is 1. The van der Waals surface area contributed by atoms with Crippen molar-refractivity contribution in [2.45, 2.75) is 13.5 Å². The van der Waals surface area contributed by atoms with Gasteiger partial charge in [-0.25, -0.2) is 0 Å². The molecule has 0 amide bonds. The van der Waals surface area contributed by atoms with Gasteiger partial charge in [0.15, 0.2) is 23.0 Å². The Balaban J connectivity index is 1.93. The molecule has 3 aromatic carbocycles. The Kier molecular flexibility index (Phi) is 8.65. The molecule has 0 aromatic heterocycles. The Morgan fingerprint density at radius 2 is 1.70 bits per heavy atom. The van der Waals surface area contributed by atoms with Gasteiger partial charge in [0, 0.05) is 4.47 Å². The summed E-state index contributed by atoms with van der Waals surface area (Å²) in [4.78, 5) is 0. The van der Waals surface area contributed by atoms with Crippen LogP contribution in [0.2, 0.25) is 5.02 Å². The Morgan fingerprint density at radius 1 is 0.970 bits per heavy atom. The van der Waals surface area contributed by atoms with E-state index in [9.17, 15) is 5.26 Å². The average Bonchev–Trinajstić information content (AvgIpc) is 2.82. The summed E-state index contributed by atoms with van der Waals surface area (Å²) in [6, 6.07) is 19.0. The molecule has 0 saturated heterocycles. The number of hydrogen-bond donors (Lipinski definition) is 0. The smallest absolute Gasteiger partial charge is 0.180 e. The third kappa shape index (κ3) is 6.22. The molecule has 0 aliphatic carbocycles. The molecule has 0 heterocycles. The number of nitriles is 1. The van der Waals surface area contributed by atoms with E-state index >= 15 is 0 Å². The second kappa shape index (κ2) is 11.6. The van der Waals surface area contributed by atoms with Gasteiger partial charge in [-0.1, -0.05) is 39.7 Å². The third-order valence-electron chi connectivity index (χ3n) is 4.75. The van der Waals surface area contributed by atoms with E-state index in [0.717, 1.165) is 10.0 Å². The lowest BCUT2D eigenvalue weighted by Gasteiger charge is -2.15. The van der Waals surface area contributed by atoms with Crippen molar-refractivity contribution in [3.05, 3.63) is 80.8 Å². The second-order valence-corrected chi connectivity index (χ2v) is 8.24. The standard InChI is InChI=1S/C26H23BrClNO4/c1-4-32-25-13-18(11-20(15-29)19-7-10-23(30-2)24(14-19)31-3)12-22(28)26(25)33-16-17-5-8-21(27)9-6-17/h5-14H,4,16H2,1-3H3/b20-11+. The van der Waals surface area contributed by atoms with Crippen molar-refractivity contribution in [1.82, 2.24) is 0 Å². The number of ether oxygens (including phenoxy) is 4. The molecule has 3 aromatic rings. The van der Waals surface area contributed by atoms with Crippen LogP contribution in [-0.2, 0) is 6.61 Å². The van der Waals surface area contributed by atoms with E-state index < -0.39 is 0 Å². The van der Waals surface area contributed by atoms with Gasteiger partial charge >= 0.3 is 0 Å². The average molecular weight is 529 g/mol. The Hall–Kier alpha value is -3.14. The number of rotatable bonds is 9. The maximum Gasteiger partial charge on any atom is 0.180 e. The molecule has 7 heteroatoms. The Morgan fingerprint density at radius 3 is 2.33 bits per heavy atom. The fraction of sp³-hybridized carbons (Fsp3) is 0.192. The summed E-state index contributed by atoms with van der Waals surface area (Å²) in [6.07, 6.45) is 1.74. The first-order chi connectivity index (χ1) is 16.0. The number of nitrogens with zero attached hydrogens (tertiary/aromatic N) is 1.